The summed E-state index contributed by atoms with van der Waals surface area (Å²) in [6.07, 6.45) is 77.3. The van der Waals surface area contributed by atoms with E-state index >= 15 is 0 Å². The summed E-state index contributed by atoms with van der Waals surface area (Å²) in [5.74, 6) is -0.936. The predicted molar refractivity (Wildman–Crippen MR) is 307 cm³/mol. The minimum Gasteiger partial charge on any atom is -0.462 e. The zero-order chi connectivity index (χ0) is 51.4. The Morgan fingerprint density at radius 1 is 0.296 bits per heavy atom. The summed E-state index contributed by atoms with van der Waals surface area (Å²) < 4.78 is 16.8. The first-order chi connectivity index (χ1) is 35.0. The van der Waals surface area contributed by atoms with E-state index in [0.717, 1.165) is 103 Å². The number of hydrogen-bond acceptors (Lipinski definition) is 6. The van der Waals surface area contributed by atoms with Crippen LogP contribution in [0.1, 0.15) is 290 Å². The van der Waals surface area contributed by atoms with Crippen LogP contribution in [-0.4, -0.2) is 37.2 Å². The highest BCUT2D eigenvalue weighted by Gasteiger charge is 2.19. The Morgan fingerprint density at radius 2 is 0.549 bits per heavy atom. The summed E-state index contributed by atoms with van der Waals surface area (Å²) in [4.78, 5) is 38.2. The van der Waals surface area contributed by atoms with Gasteiger partial charge in [0.2, 0.25) is 0 Å². The van der Waals surface area contributed by atoms with Crippen LogP contribution >= 0.6 is 0 Å². The van der Waals surface area contributed by atoms with Gasteiger partial charge in [0, 0.05) is 19.3 Å². The number of unbranched alkanes of at least 4 members (excludes halogenated alkanes) is 29. The standard InChI is InChI=1S/C65H112O6/c1-4-7-10-13-16-19-22-25-27-29-31-33-35-36-38-40-43-46-49-52-55-58-64(67)70-61-62(60-69-63(66)57-54-51-48-45-42-24-21-18-15-12-9-6-3)71-65(68)59-56-53-50-47-44-41-39-37-34-32-30-28-26-23-20-17-14-11-8-5-2/h7,10,16,18-19,21,25,27,31,33,36,38,43,46,62H,4-6,8-9,11-15,17,20,22-24,26,28-30,32,34-35,37,39-42,44-45,47-61H2,1-3H3/b10-7-,19-16-,21-18-,27-25-,33-31-,38-36-,46-43-. The maximum absolute atomic E-state index is 12.9. The third-order valence-electron chi connectivity index (χ3n) is 12.9. The molecule has 408 valence electrons. The molecule has 0 aromatic heterocycles. The zero-order valence-electron chi connectivity index (χ0n) is 46.7. The molecular formula is C65H112O6. The fourth-order valence-electron chi connectivity index (χ4n) is 8.38. The molecule has 0 N–H and O–H groups in total. The van der Waals surface area contributed by atoms with E-state index in [-0.39, 0.29) is 31.1 Å². The molecule has 0 amide bonds. The van der Waals surface area contributed by atoms with Gasteiger partial charge in [-0.05, 0) is 96.3 Å². The van der Waals surface area contributed by atoms with E-state index in [9.17, 15) is 14.4 Å². The normalized spacial score (nSPS) is 12.7. The molecule has 1 atom stereocenters. The monoisotopic (exact) mass is 989 g/mol. The van der Waals surface area contributed by atoms with Crippen molar-refractivity contribution in [1.82, 2.24) is 0 Å². The van der Waals surface area contributed by atoms with Gasteiger partial charge in [0.05, 0.1) is 0 Å². The first-order valence-electron chi connectivity index (χ1n) is 30.1. The van der Waals surface area contributed by atoms with Crippen molar-refractivity contribution < 1.29 is 28.6 Å². The van der Waals surface area contributed by atoms with Crippen molar-refractivity contribution in [3.05, 3.63) is 85.1 Å². The van der Waals surface area contributed by atoms with Crippen LogP contribution in [0.3, 0.4) is 0 Å². The molecule has 0 aromatic rings. The second kappa shape index (κ2) is 59.2. The fourth-order valence-corrected chi connectivity index (χ4v) is 8.38. The Bertz CT molecular complexity index is 1370. The lowest BCUT2D eigenvalue weighted by Crippen LogP contribution is -2.30. The summed E-state index contributed by atoms with van der Waals surface area (Å²) in [5.41, 5.74) is 0. The molecule has 1 unspecified atom stereocenters. The largest absolute Gasteiger partial charge is 0.462 e. The summed E-state index contributed by atoms with van der Waals surface area (Å²) in [6, 6.07) is 0. The van der Waals surface area contributed by atoms with Gasteiger partial charge in [0.25, 0.3) is 0 Å². The first-order valence-corrected chi connectivity index (χ1v) is 30.1. The smallest absolute Gasteiger partial charge is 0.306 e. The van der Waals surface area contributed by atoms with Gasteiger partial charge < -0.3 is 14.2 Å². The van der Waals surface area contributed by atoms with E-state index in [0.29, 0.717) is 19.3 Å². The number of rotatable bonds is 54. The van der Waals surface area contributed by atoms with Gasteiger partial charge in [0.15, 0.2) is 6.10 Å². The molecule has 0 rings (SSSR count). The van der Waals surface area contributed by atoms with Gasteiger partial charge in [-0.1, -0.05) is 260 Å². The van der Waals surface area contributed by atoms with Crippen LogP contribution in [-0.2, 0) is 28.6 Å². The fraction of sp³-hybridized carbons (Fsp3) is 0.738. The average Bonchev–Trinajstić information content (AvgIpc) is 3.37. The third-order valence-corrected chi connectivity index (χ3v) is 12.9. The van der Waals surface area contributed by atoms with Gasteiger partial charge in [-0.3, -0.25) is 14.4 Å². The van der Waals surface area contributed by atoms with Crippen LogP contribution in [0.2, 0.25) is 0 Å². The zero-order valence-corrected chi connectivity index (χ0v) is 46.7. The number of allylic oxidation sites excluding steroid dienone is 14. The minimum absolute atomic E-state index is 0.0929. The van der Waals surface area contributed by atoms with Gasteiger partial charge in [-0.15, -0.1) is 0 Å². The highest BCUT2D eigenvalue weighted by atomic mass is 16.6. The lowest BCUT2D eigenvalue weighted by atomic mass is 10.0. The van der Waals surface area contributed by atoms with E-state index < -0.39 is 6.10 Å². The molecule has 0 spiro atoms. The van der Waals surface area contributed by atoms with Crippen LogP contribution in [0, 0.1) is 0 Å². The van der Waals surface area contributed by atoms with Gasteiger partial charge in [-0.2, -0.15) is 0 Å². The average molecular weight is 990 g/mol. The first kappa shape index (κ1) is 67.6. The Labute approximate surface area is 439 Å². The number of hydrogen-bond donors (Lipinski definition) is 0. The number of ether oxygens (including phenoxy) is 3. The molecule has 0 aliphatic carbocycles. The molecule has 6 heteroatoms. The van der Waals surface area contributed by atoms with Crippen molar-refractivity contribution in [2.75, 3.05) is 13.2 Å². The molecule has 6 nitrogen and oxygen atoms in total. The van der Waals surface area contributed by atoms with E-state index in [1.165, 1.54) is 148 Å². The van der Waals surface area contributed by atoms with E-state index in [1.54, 1.807) is 0 Å². The highest BCUT2D eigenvalue weighted by Crippen LogP contribution is 2.16. The van der Waals surface area contributed by atoms with Gasteiger partial charge in [-0.25, -0.2) is 0 Å². The summed E-state index contributed by atoms with van der Waals surface area (Å²) in [5, 5.41) is 0. The Morgan fingerprint density at radius 3 is 0.930 bits per heavy atom. The quantitative estimate of drug-likeness (QED) is 0.0261. The SMILES string of the molecule is CC/C=C\C/C=C\C/C=C\C/C=C\C/C=C\C/C=C\CCCCC(=O)OCC(COC(=O)CCCCCCC/C=C\CCCCC)OC(=O)CCCCCCCCCCCCCCCCCCCCCC. The van der Waals surface area contributed by atoms with E-state index in [1.807, 2.05) is 0 Å². The van der Waals surface area contributed by atoms with Crippen molar-refractivity contribution in [3.63, 3.8) is 0 Å². The van der Waals surface area contributed by atoms with Crippen LogP contribution in [0.25, 0.3) is 0 Å². The lowest BCUT2D eigenvalue weighted by Gasteiger charge is -2.18. The molecule has 0 aliphatic heterocycles. The highest BCUT2D eigenvalue weighted by molar-refractivity contribution is 5.71. The van der Waals surface area contributed by atoms with Crippen LogP contribution in [0.4, 0.5) is 0 Å². The lowest BCUT2D eigenvalue weighted by molar-refractivity contribution is -0.167. The van der Waals surface area contributed by atoms with Crippen LogP contribution in [0.15, 0.2) is 85.1 Å². The third kappa shape index (κ3) is 57.4. The molecule has 0 saturated carbocycles. The molecule has 0 heterocycles. The summed E-state index contributed by atoms with van der Waals surface area (Å²) >= 11 is 0. The molecule has 0 bridgehead atoms. The molecule has 0 saturated heterocycles. The summed E-state index contributed by atoms with van der Waals surface area (Å²) in [6.45, 7) is 6.48. The summed E-state index contributed by atoms with van der Waals surface area (Å²) in [7, 11) is 0. The molecule has 0 aliphatic rings. The molecule has 0 radical (unpaired) electrons. The minimum atomic E-state index is -0.797. The van der Waals surface area contributed by atoms with Crippen LogP contribution in [0.5, 0.6) is 0 Å². The van der Waals surface area contributed by atoms with Gasteiger partial charge >= 0.3 is 17.9 Å². The van der Waals surface area contributed by atoms with Crippen molar-refractivity contribution in [2.24, 2.45) is 0 Å². The second-order valence-corrected chi connectivity index (χ2v) is 19.9. The predicted octanol–water partition coefficient (Wildman–Crippen LogP) is 20.3. The van der Waals surface area contributed by atoms with E-state index in [4.69, 9.17) is 14.2 Å². The Kier molecular flexibility index (Phi) is 56.3. The van der Waals surface area contributed by atoms with Gasteiger partial charge in [0.1, 0.15) is 13.2 Å². The second-order valence-electron chi connectivity index (χ2n) is 19.9. The number of carbonyl (C=O) groups excluding carboxylic acids is 3. The topological polar surface area (TPSA) is 78.9 Å². The maximum atomic E-state index is 12.9. The molecular weight excluding hydrogens is 877 g/mol. The maximum Gasteiger partial charge on any atom is 0.306 e. The molecule has 0 aromatic carbocycles. The Balaban J connectivity index is 4.40. The molecule has 0 fully saturated rings. The number of esters is 3. The van der Waals surface area contributed by atoms with Crippen molar-refractivity contribution >= 4 is 17.9 Å². The Hall–Kier alpha value is -3.41. The van der Waals surface area contributed by atoms with Crippen molar-refractivity contribution in [2.45, 2.75) is 297 Å². The van der Waals surface area contributed by atoms with E-state index in [2.05, 4.69) is 106 Å². The number of carbonyl (C=O) groups is 3. The van der Waals surface area contributed by atoms with Crippen molar-refractivity contribution in [3.8, 4) is 0 Å². The molecule has 71 heavy (non-hydrogen) atoms. The van der Waals surface area contributed by atoms with Crippen LogP contribution < -0.4 is 0 Å². The van der Waals surface area contributed by atoms with Crippen molar-refractivity contribution in [1.29, 1.82) is 0 Å².